The molecule has 0 bridgehead atoms. The number of halogens is 2. The maximum Gasteiger partial charge on any atom is 0.338 e. The van der Waals surface area contributed by atoms with Crippen molar-refractivity contribution in [3.63, 3.8) is 0 Å². The summed E-state index contributed by atoms with van der Waals surface area (Å²) in [5, 5.41) is 4.18. The van der Waals surface area contributed by atoms with Gasteiger partial charge in [0.2, 0.25) is 5.91 Å². The second-order valence-electron chi connectivity index (χ2n) is 8.27. The van der Waals surface area contributed by atoms with Gasteiger partial charge in [0.1, 0.15) is 0 Å². The van der Waals surface area contributed by atoms with Crippen LogP contribution >= 0.6 is 35.4 Å². The predicted molar refractivity (Wildman–Crippen MR) is 134 cm³/mol. The number of nitrogens with one attached hydrogen (secondary N) is 1. The fraction of sp³-hybridized carbons (Fsp3) is 0.333. The lowest BCUT2D eigenvalue weighted by Crippen LogP contribution is -2.67. The first kappa shape index (κ1) is 24.4. The van der Waals surface area contributed by atoms with Gasteiger partial charge in [0, 0.05) is 18.2 Å². The molecular formula is C24H23Cl2N3O4S. The number of piperidine rings is 1. The summed E-state index contributed by atoms with van der Waals surface area (Å²) in [5.74, 6) is -1.09. The van der Waals surface area contributed by atoms with Crippen LogP contribution < -0.4 is 10.2 Å². The Morgan fingerprint density at radius 1 is 1.12 bits per heavy atom. The molecule has 0 aromatic heterocycles. The highest BCUT2D eigenvalue weighted by Crippen LogP contribution is 2.32. The number of hydrogen-bond acceptors (Lipinski definition) is 5. The lowest BCUT2D eigenvalue weighted by atomic mass is 9.84. The minimum Gasteiger partial charge on any atom is -0.462 e. The highest BCUT2D eigenvalue weighted by molar-refractivity contribution is 7.80. The van der Waals surface area contributed by atoms with E-state index < -0.39 is 5.97 Å². The number of ether oxygens (including phenoxy) is 1. The Morgan fingerprint density at radius 3 is 2.44 bits per heavy atom. The van der Waals surface area contributed by atoms with E-state index in [0.717, 1.165) is 0 Å². The van der Waals surface area contributed by atoms with Crippen LogP contribution in [-0.2, 0) is 9.53 Å². The summed E-state index contributed by atoms with van der Waals surface area (Å²) in [4.78, 5) is 41.7. The minimum absolute atomic E-state index is 0.133. The Kier molecular flexibility index (Phi) is 7.12. The normalized spacial score (nSPS) is 22.2. The maximum absolute atomic E-state index is 13.4. The van der Waals surface area contributed by atoms with Crippen molar-refractivity contribution in [2.45, 2.75) is 32.4 Å². The number of carbonyl (C=O) groups excluding carboxylic acids is 3. The molecular weight excluding hydrogens is 497 g/mol. The molecule has 0 radical (unpaired) electrons. The average Bonchev–Trinajstić information content (AvgIpc) is 2.81. The van der Waals surface area contributed by atoms with Gasteiger partial charge in [0.05, 0.1) is 39.9 Å². The largest absolute Gasteiger partial charge is 0.462 e. The van der Waals surface area contributed by atoms with E-state index in [9.17, 15) is 14.4 Å². The Morgan fingerprint density at radius 2 is 1.79 bits per heavy atom. The van der Waals surface area contributed by atoms with E-state index >= 15 is 0 Å². The Labute approximate surface area is 212 Å². The Balaban J connectivity index is 1.51. The molecule has 2 fully saturated rings. The SMILES string of the molecule is CCOC(=O)c1ccc(N2C(=O)C3C[C@@H](C)N(C(=O)c4ccc(Cl)c(Cl)c4)CC3NC2=S)cc1. The molecule has 2 aliphatic rings. The molecule has 7 nitrogen and oxygen atoms in total. The standard InChI is InChI=1S/C24H23Cl2N3O4S/c1-3-33-23(32)14-4-7-16(8-5-14)29-22(31)17-10-13(2)28(12-20(17)27-24(29)34)21(30)15-6-9-18(25)19(26)11-15/h4-9,11,13,17,20H,3,10,12H2,1-2H3,(H,27,34)/t13-,17?,20?/m1/s1. The van der Waals surface area contributed by atoms with E-state index in [1.807, 2.05) is 6.92 Å². The number of carbonyl (C=O) groups is 3. The first-order valence-corrected chi connectivity index (χ1v) is 12.0. The molecule has 2 aliphatic heterocycles. The lowest BCUT2D eigenvalue weighted by molar-refractivity contribution is -0.125. The number of hydrogen-bond donors (Lipinski definition) is 1. The molecule has 2 saturated heterocycles. The third-order valence-corrected chi connectivity index (χ3v) is 7.16. The van der Waals surface area contributed by atoms with Crippen molar-refractivity contribution >= 4 is 64.0 Å². The minimum atomic E-state index is -0.423. The van der Waals surface area contributed by atoms with Gasteiger partial charge in [-0.3, -0.25) is 14.5 Å². The van der Waals surface area contributed by atoms with Gasteiger partial charge in [0.25, 0.3) is 5.91 Å². The van der Waals surface area contributed by atoms with Crippen LogP contribution in [0.1, 0.15) is 41.0 Å². The molecule has 4 rings (SSSR count). The molecule has 2 aromatic carbocycles. The van der Waals surface area contributed by atoms with Crippen LogP contribution in [0.15, 0.2) is 42.5 Å². The van der Waals surface area contributed by atoms with Crippen molar-refractivity contribution in [1.82, 2.24) is 10.2 Å². The van der Waals surface area contributed by atoms with Gasteiger partial charge in [0.15, 0.2) is 5.11 Å². The van der Waals surface area contributed by atoms with E-state index in [1.165, 1.54) is 4.90 Å². The van der Waals surface area contributed by atoms with Crippen LogP contribution in [0.5, 0.6) is 0 Å². The number of nitrogens with zero attached hydrogens (tertiary/aromatic N) is 2. The summed E-state index contributed by atoms with van der Waals surface area (Å²) in [6.07, 6.45) is 0.476. The van der Waals surface area contributed by atoms with E-state index in [0.29, 0.717) is 39.8 Å². The van der Waals surface area contributed by atoms with Crippen molar-refractivity contribution in [3.8, 4) is 0 Å². The molecule has 0 aliphatic carbocycles. The summed E-state index contributed by atoms with van der Waals surface area (Å²) >= 11 is 17.6. The number of esters is 1. The van der Waals surface area contributed by atoms with E-state index in [1.54, 1.807) is 54.3 Å². The van der Waals surface area contributed by atoms with Gasteiger partial charge in [-0.1, -0.05) is 23.2 Å². The van der Waals surface area contributed by atoms with Gasteiger partial charge in [-0.25, -0.2) is 4.79 Å². The zero-order valence-corrected chi connectivity index (χ0v) is 20.9. The Hall–Kier alpha value is -2.68. The molecule has 2 unspecified atom stereocenters. The zero-order chi connectivity index (χ0) is 24.6. The van der Waals surface area contributed by atoms with E-state index in [4.69, 9.17) is 40.2 Å². The molecule has 178 valence electrons. The van der Waals surface area contributed by atoms with Crippen molar-refractivity contribution in [2.24, 2.45) is 5.92 Å². The summed E-state index contributed by atoms with van der Waals surface area (Å²) < 4.78 is 5.01. The number of anilines is 1. The molecule has 2 aromatic rings. The van der Waals surface area contributed by atoms with Gasteiger partial charge >= 0.3 is 5.97 Å². The lowest BCUT2D eigenvalue weighted by Gasteiger charge is -2.47. The maximum atomic E-state index is 13.4. The highest BCUT2D eigenvalue weighted by atomic mass is 35.5. The first-order chi connectivity index (χ1) is 16.2. The number of benzene rings is 2. The number of amides is 2. The summed E-state index contributed by atoms with van der Waals surface area (Å²) in [7, 11) is 0. The molecule has 2 heterocycles. The molecule has 2 amide bonds. The second-order valence-corrected chi connectivity index (χ2v) is 9.48. The predicted octanol–water partition coefficient (Wildman–Crippen LogP) is 4.31. The van der Waals surface area contributed by atoms with Crippen molar-refractivity contribution < 1.29 is 19.1 Å². The van der Waals surface area contributed by atoms with Crippen molar-refractivity contribution in [2.75, 3.05) is 18.1 Å². The van der Waals surface area contributed by atoms with Crippen LogP contribution in [0, 0.1) is 5.92 Å². The molecule has 34 heavy (non-hydrogen) atoms. The zero-order valence-electron chi connectivity index (χ0n) is 18.6. The van der Waals surface area contributed by atoms with Crippen LogP contribution in [0.4, 0.5) is 5.69 Å². The average molecular weight is 520 g/mol. The topological polar surface area (TPSA) is 79.0 Å². The molecule has 0 saturated carbocycles. The smallest absolute Gasteiger partial charge is 0.338 e. The quantitative estimate of drug-likeness (QED) is 0.478. The third kappa shape index (κ3) is 4.62. The van der Waals surface area contributed by atoms with Gasteiger partial charge < -0.3 is 15.0 Å². The van der Waals surface area contributed by atoms with Crippen LogP contribution in [-0.4, -0.2) is 53.0 Å². The summed E-state index contributed by atoms with van der Waals surface area (Å²) in [6.45, 7) is 4.27. The van der Waals surface area contributed by atoms with Gasteiger partial charge in [-0.05, 0) is 75.0 Å². The summed E-state index contributed by atoms with van der Waals surface area (Å²) in [5.41, 5.74) is 1.40. The van der Waals surface area contributed by atoms with Crippen LogP contribution in [0.25, 0.3) is 0 Å². The fourth-order valence-electron chi connectivity index (χ4n) is 4.37. The molecule has 0 spiro atoms. The van der Waals surface area contributed by atoms with Gasteiger partial charge in [-0.2, -0.15) is 0 Å². The number of thiocarbonyl (C=S) groups is 1. The highest BCUT2D eigenvalue weighted by Gasteiger charge is 2.46. The third-order valence-electron chi connectivity index (χ3n) is 6.12. The van der Waals surface area contributed by atoms with E-state index in [2.05, 4.69) is 5.32 Å². The number of fused-ring (bicyclic) bond motifs is 1. The molecule has 1 N–H and O–H groups in total. The van der Waals surface area contributed by atoms with Gasteiger partial charge in [-0.15, -0.1) is 0 Å². The fourth-order valence-corrected chi connectivity index (χ4v) is 5.01. The van der Waals surface area contributed by atoms with Crippen molar-refractivity contribution in [1.29, 1.82) is 0 Å². The van der Waals surface area contributed by atoms with Crippen LogP contribution in [0.3, 0.4) is 0 Å². The molecule has 3 atom stereocenters. The molecule has 10 heteroatoms. The Bertz CT molecular complexity index is 1160. The van der Waals surface area contributed by atoms with Crippen LogP contribution in [0.2, 0.25) is 10.0 Å². The number of rotatable bonds is 4. The van der Waals surface area contributed by atoms with Crippen molar-refractivity contribution in [3.05, 3.63) is 63.6 Å². The monoisotopic (exact) mass is 519 g/mol. The second kappa shape index (κ2) is 9.90. The first-order valence-electron chi connectivity index (χ1n) is 10.9. The summed E-state index contributed by atoms with van der Waals surface area (Å²) in [6, 6.07) is 10.9. The van der Waals surface area contributed by atoms with E-state index in [-0.39, 0.29) is 41.5 Å². The number of likely N-dealkylation sites (tertiary alicyclic amines) is 1.